The van der Waals surface area contributed by atoms with Crippen molar-refractivity contribution < 1.29 is 23.9 Å². The van der Waals surface area contributed by atoms with Gasteiger partial charge in [-0.25, -0.2) is 4.79 Å². The molecule has 1 saturated heterocycles. The summed E-state index contributed by atoms with van der Waals surface area (Å²) in [7, 11) is 0. The third-order valence-corrected chi connectivity index (χ3v) is 6.33. The molecule has 0 bridgehead atoms. The molecular formula is C23H22INO5S. The van der Waals surface area contributed by atoms with Crippen LogP contribution in [0.15, 0.2) is 47.4 Å². The lowest BCUT2D eigenvalue weighted by Crippen LogP contribution is -2.42. The summed E-state index contributed by atoms with van der Waals surface area (Å²) < 4.78 is 11.7. The highest BCUT2D eigenvalue weighted by Crippen LogP contribution is 2.34. The molecule has 3 rings (SSSR count). The second-order valence-electron chi connectivity index (χ2n) is 6.94. The maximum absolute atomic E-state index is 12.7. The van der Waals surface area contributed by atoms with Crippen LogP contribution >= 0.6 is 34.4 Å². The Labute approximate surface area is 199 Å². The van der Waals surface area contributed by atoms with E-state index in [-0.39, 0.29) is 11.5 Å². The summed E-state index contributed by atoms with van der Waals surface area (Å²) in [6.07, 6.45) is 1.65. The smallest absolute Gasteiger partial charge is 0.329 e. The van der Waals surface area contributed by atoms with Crippen molar-refractivity contribution in [1.29, 1.82) is 0 Å². The molecule has 1 aliphatic rings. The Morgan fingerprint density at radius 1 is 1.19 bits per heavy atom. The van der Waals surface area contributed by atoms with Crippen LogP contribution in [0.4, 0.5) is 4.79 Å². The Balaban J connectivity index is 1.71. The number of amides is 2. The number of benzene rings is 2. The van der Waals surface area contributed by atoms with Gasteiger partial charge in [-0.3, -0.25) is 14.5 Å². The molecule has 8 heteroatoms. The number of carbonyl (C=O) groups excluding carboxylic acids is 3. The molecule has 6 nitrogen and oxygen atoms in total. The molecule has 162 valence electrons. The van der Waals surface area contributed by atoms with Gasteiger partial charge in [0.2, 0.25) is 0 Å². The Morgan fingerprint density at radius 3 is 2.55 bits per heavy atom. The zero-order chi connectivity index (χ0) is 22.5. The minimum atomic E-state index is -0.962. The van der Waals surface area contributed by atoms with Crippen molar-refractivity contribution in [2.75, 3.05) is 6.61 Å². The summed E-state index contributed by atoms with van der Waals surface area (Å²) in [6, 6.07) is 12.7. The van der Waals surface area contributed by atoms with Crippen LogP contribution in [0.3, 0.4) is 0 Å². The zero-order valence-corrected chi connectivity index (χ0v) is 20.4. The second-order valence-corrected chi connectivity index (χ2v) is 9.10. The third kappa shape index (κ3) is 5.68. The number of thioether (sulfide) groups is 1. The first kappa shape index (κ1) is 23.3. The van der Waals surface area contributed by atoms with Gasteiger partial charge in [-0.05, 0) is 84.5 Å². The highest BCUT2D eigenvalue weighted by molar-refractivity contribution is 14.1. The summed E-state index contributed by atoms with van der Waals surface area (Å²) in [4.78, 5) is 38.1. The second kappa shape index (κ2) is 10.3. The Morgan fingerprint density at radius 2 is 1.90 bits per heavy atom. The van der Waals surface area contributed by atoms with Crippen LogP contribution in [0.5, 0.6) is 5.75 Å². The first-order valence-corrected chi connectivity index (χ1v) is 11.6. The molecule has 1 aliphatic heterocycles. The van der Waals surface area contributed by atoms with E-state index < -0.39 is 23.2 Å². The van der Waals surface area contributed by atoms with Crippen molar-refractivity contribution in [3.63, 3.8) is 0 Å². The van der Waals surface area contributed by atoms with Crippen LogP contribution < -0.4 is 4.74 Å². The number of rotatable bonds is 7. The molecule has 2 amide bonds. The minimum absolute atomic E-state index is 0.187. The van der Waals surface area contributed by atoms with E-state index in [4.69, 9.17) is 9.47 Å². The number of carbonyl (C=O) groups is 3. The topological polar surface area (TPSA) is 72.9 Å². The van der Waals surface area contributed by atoms with E-state index in [0.29, 0.717) is 6.61 Å². The highest BCUT2D eigenvalue weighted by atomic mass is 127. The van der Waals surface area contributed by atoms with Gasteiger partial charge in [0.25, 0.3) is 11.1 Å². The third-order valence-electron chi connectivity index (χ3n) is 4.61. The summed E-state index contributed by atoms with van der Waals surface area (Å²) in [5, 5.41) is -0.482. The molecule has 2 aromatic rings. The van der Waals surface area contributed by atoms with Crippen molar-refractivity contribution in [2.24, 2.45) is 0 Å². The van der Waals surface area contributed by atoms with Gasteiger partial charge in [-0.2, -0.15) is 0 Å². The van der Waals surface area contributed by atoms with Crippen molar-refractivity contribution >= 4 is 57.5 Å². The van der Waals surface area contributed by atoms with Gasteiger partial charge in [0.1, 0.15) is 18.4 Å². The van der Waals surface area contributed by atoms with Gasteiger partial charge < -0.3 is 9.47 Å². The number of ether oxygens (including phenoxy) is 2. The average Bonchev–Trinajstić information content (AvgIpc) is 3.01. The molecule has 2 aromatic carbocycles. The predicted octanol–water partition coefficient (Wildman–Crippen LogP) is 5.17. The molecule has 0 unspecified atom stereocenters. The lowest BCUT2D eigenvalue weighted by molar-refractivity contribution is -0.150. The molecule has 0 aromatic heterocycles. The van der Waals surface area contributed by atoms with Crippen molar-refractivity contribution in [2.45, 2.75) is 33.4 Å². The minimum Gasteiger partial charge on any atom is -0.488 e. The van der Waals surface area contributed by atoms with Crippen LogP contribution in [-0.4, -0.2) is 34.7 Å². The van der Waals surface area contributed by atoms with Gasteiger partial charge >= 0.3 is 5.97 Å². The average molecular weight is 551 g/mol. The van der Waals surface area contributed by atoms with Crippen LogP contribution in [-0.2, 0) is 20.9 Å². The van der Waals surface area contributed by atoms with Crippen LogP contribution in [0, 0.1) is 10.5 Å². The number of esters is 1. The largest absolute Gasteiger partial charge is 0.488 e. The van der Waals surface area contributed by atoms with E-state index in [2.05, 4.69) is 22.6 Å². The van der Waals surface area contributed by atoms with Crippen LogP contribution in [0.1, 0.15) is 30.5 Å². The van der Waals surface area contributed by atoms with Gasteiger partial charge in [-0.1, -0.05) is 35.9 Å². The quantitative estimate of drug-likeness (QED) is 0.269. The summed E-state index contributed by atoms with van der Waals surface area (Å²) in [5.41, 5.74) is 3.04. The molecule has 1 heterocycles. The number of aryl methyl sites for hydroxylation is 1. The van der Waals surface area contributed by atoms with Gasteiger partial charge in [0.15, 0.2) is 0 Å². The van der Waals surface area contributed by atoms with E-state index in [0.717, 1.165) is 37.1 Å². The molecule has 0 radical (unpaired) electrons. The number of nitrogens with zero attached hydrogens (tertiary/aromatic N) is 1. The van der Waals surface area contributed by atoms with Gasteiger partial charge in [0, 0.05) is 0 Å². The normalized spacial score (nSPS) is 16.0. The molecule has 31 heavy (non-hydrogen) atoms. The molecule has 0 N–H and O–H groups in total. The summed E-state index contributed by atoms with van der Waals surface area (Å²) >= 11 is 2.99. The molecule has 1 fully saturated rings. The molecule has 1 atom stereocenters. The van der Waals surface area contributed by atoms with E-state index in [1.807, 2.05) is 49.4 Å². The van der Waals surface area contributed by atoms with Crippen molar-refractivity contribution in [3.05, 3.63) is 67.6 Å². The molecule has 0 aliphatic carbocycles. The predicted molar refractivity (Wildman–Crippen MR) is 129 cm³/mol. The Hall–Kier alpha value is -2.33. The van der Waals surface area contributed by atoms with Gasteiger partial charge in [-0.15, -0.1) is 0 Å². The lowest BCUT2D eigenvalue weighted by Gasteiger charge is -2.19. The fraction of sp³-hybridized carbons (Fsp3) is 0.261. The number of hydrogen-bond acceptors (Lipinski definition) is 6. The number of hydrogen-bond donors (Lipinski definition) is 0. The van der Waals surface area contributed by atoms with E-state index in [1.54, 1.807) is 13.0 Å². The van der Waals surface area contributed by atoms with Crippen molar-refractivity contribution in [1.82, 2.24) is 4.90 Å². The first-order valence-electron chi connectivity index (χ1n) is 9.71. The van der Waals surface area contributed by atoms with Crippen LogP contribution in [0.25, 0.3) is 6.08 Å². The zero-order valence-electron chi connectivity index (χ0n) is 17.4. The van der Waals surface area contributed by atoms with E-state index >= 15 is 0 Å². The Bertz CT molecular complexity index is 1030. The van der Waals surface area contributed by atoms with Gasteiger partial charge in [0.05, 0.1) is 15.1 Å². The highest BCUT2D eigenvalue weighted by Gasteiger charge is 2.41. The molecule has 0 saturated carbocycles. The monoisotopic (exact) mass is 551 g/mol. The fourth-order valence-electron chi connectivity index (χ4n) is 2.90. The molecular weight excluding hydrogens is 529 g/mol. The van der Waals surface area contributed by atoms with Crippen LogP contribution in [0.2, 0.25) is 0 Å². The van der Waals surface area contributed by atoms with Crippen molar-refractivity contribution in [3.8, 4) is 5.75 Å². The summed E-state index contributed by atoms with van der Waals surface area (Å²) in [5.74, 6) is -0.358. The van der Waals surface area contributed by atoms with E-state index in [9.17, 15) is 14.4 Å². The fourth-order valence-corrected chi connectivity index (χ4v) is 4.51. The Kier molecular flexibility index (Phi) is 7.77. The molecule has 0 spiro atoms. The maximum Gasteiger partial charge on any atom is 0.329 e. The lowest BCUT2D eigenvalue weighted by atomic mass is 10.1. The first-order chi connectivity index (χ1) is 14.8. The maximum atomic E-state index is 12.7. The summed E-state index contributed by atoms with van der Waals surface area (Å²) in [6.45, 7) is 5.85. The van der Waals surface area contributed by atoms with E-state index in [1.165, 1.54) is 12.5 Å². The standard InChI is InChI=1S/C23H22INO5S/c1-4-29-22(27)15(3)25-21(26)20(31-23(25)28)12-17-9-10-19(18(24)11-17)30-13-16-7-5-14(2)6-8-16/h5-12,15H,4,13H2,1-3H3/b20-12+/t15-/m0/s1. The number of imide groups is 1. The SMILES string of the molecule is CCOC(=O)[C@H](C)N1C(=O)S/C(=C/c2ccc(OCc3ccc(C)cc3)c(I)c2)C1=O. The number of halogens is 1.